The van der Waals surface area contributed by atoms with Crippen LogP contribution in [0.1, 0.15) is 75.4 Å². The van der Waals surface area contributed by atoms with E-state index < -0.39 is 28.5 Å². The maximum absolute atomic E-state index is 9.10. The van der Waals surface area contributed by atoms with E-state index in [1.165, 1.54) is 5.56 Å². The molecule has 4 aromatic rings. The van der Waals surface area contributed by atoms with Gasteiger partial charge in [0.15, 0.2) is 0 Å². The van der Waals surface area contributed by atoms with E-state index in [9.17, 15) is 0 Å². The van der Waals surface area contributed by atoms with Crippen LogP contribution in [0.5, 0.6) is 0 Å². The van der Waals surface area contributed by atoms with E-state index in [4.69, 9.17) is 40.2 Å². The second-order valence-corrected chi connectivity index (χ2v) is 12.7. The molecule has 8 nitrogen and oxygen atoms in total. The lowest BCUT2D eigenvalue weighted by atomic mass is 9.74. The van der Waals surface area contributed by atoms with Gasteiger partial charge in [-0.1, -0.05) is 102 Å². The molecule has 262 valence electrons. The van der Waals surface area contributed by atoms with Crippen LogP contribution >= 0.6 is 0 Å². The minimum absolute atomic E-state index is 0.558. The number of rotatable bonds is 7. The van der Waals surface area contributed by atoms with Crippen LogP contribution in [-0.4, -0.2) is 68.7 Å². The summed E-state index contributed by atoms with van der Waals surface area (Å²) in [6, 6.07) is 18.7. The molecule has 0 amide bonds. The Kier molecular flexibility index (Phi) is 18.9. The highest BCUT2D eigenvalue weighted by Gasteiger charge is 2.18. The van der Waals surface area contributed by atoms with Crippen LogP contribution < -0.4 is 21.9 Å². The summed E-state index contributed by atoms with van der Waals surface area (Å²) in [7, 11) is -5.41. The van der Waals surface area contributed by atoms with E-state index in [2.05, 4.69) is 6.92 Å². The van der Waals surface area contributed by atoms with Crippen molar-refractivity contribution in [1.29, 1.82) is 0 Å². The summed E-state index contributed by atoms with van der Waals surface area (Å²) < 4.78 is 0. The lowest BCUT2D eigenvalue weighted by Crippen LogP contribution is -2.34. The molecule has 12 heteroatoms. The highest BCUT2D eigenvalue weighted by atomic mass is 16.4. The molecule has 0 aromatic heterocycles. The second-order valence-electron chi connectivity index (χ2n) is 12.7. The average molecular weight is 670 g/mol. The molecule has 0 heterocycles. The van der Waals surface area contributed by atoms with Gasteiger partial charge in [-0.15, -0.1) is 0 Å². The zero-order chi connectivity index (χ0) is 37.6. The molecule has 0 radical (unpaired) electrons. The Bertz CT molecular complexity index is 1580. The summed E-state index contributed by atoms with van der Waals surface area (Å²) >= 11 is 0. The minimum atomic E-state index is -1.36. The molecule has 0 unspecified atom stereocenters. The van der Waals surface area contributed by atoms with Gasteiger partial charge in [-0.2, -0.15) is 0 Å². The van der Waals surface area contributed by atoms with E-state index in [1.807, 2.05) is 105 Å². The van der Waals surface area contributed by atoms with Crippen molar-refractivity contribution in [3.63, 3.8) is 0 Å². The van der Waals surface area contributed by atoms with E-state index >= 15 is 0 Å². The molecule has 0 aliphatic carbocycles. The third-order valence-electron chi connectivity index (χ3n) is 8.47. The van der Waals surface area contributed by atoms with Crippen LogP contribution in [0.3, 0.4) is 0 Å². The van der Waals surface area contributed by atoms with Gasteiger partial charge in [0.25, 0.3) is 0 Å². The summed E-state index contributed by atoms with van der Waals surface area (Å²) in [4.78, 5) is 0. The van der Waals surface area contributed by atoms with Gasteiger partial charge in [0.1, 0.15) is 0 Å². The molecule has 0 aliphatic rings. The van der Waals surface area contributed by atoms with Gasteiger partial charge in [0.05, 0.1) is 0 Å². The van der Waals surface area contributed by atoms with Gasteiger partial charge >= 0.3 is 28.5 Å². The van der Waals surface area contributed by atoms with Gasteiger partial charge in [-0.3, -0.25) is 0 Å². The average Bonchev–Trinajstić information content (AvgIpc) is 3.00. The third kappa shape index (κ3) is 14.3. The molecule has 0 bridgehead atoms. The van der Waals surface area contributed by atoms with Crippen LogP contribution in [0.25, 0.3) is 0 Å². The fourth-order valence-electron chi connectivity index (χ4n) is 5.65. The zero-order valence-electron chi connectivity index (χ0n) is 30.8. The van der Waals surface area contributed by atoms with Crippen molar-refractivity contribution < 1.29 is 40.2 Å². The van der Waals surface area contributed by atoms with Gasteiger partial charge in [0, 0.05) is 0 Å². The van der Waals surface area contributed by atoms with Crippen LogP contribution in [-0.2, 0) is 6.42 Å². The van der Waals surface area contributed by atoms with Gasteiger partial charge < -0.3 is 40.2 Å². The Balaban J connectivity index is 0.000000327. The predicted octanol–water partition coefficient (Wildman–Crippen LogP) is 1.58. The van der Waals surface area contributed by atoms with E-state index in [-0.39, 0.29) is 0 Å². The first-order chi connectivity index (χ1) is 22.8. The first kappa shape index (κ1) is 43.8. The SMILES string of the molecule is CCCCc1ccccc1B(O)O.Cc1cc(B(O)O)c(C)c(C)c1C.Cc1cc(C)c(B(O)O)c(C)c1.Cc1cc(C)cc(B(O)O)c1. The highest BCUT2D eigenvalue weighted by molar-refractivity contribution is 6.60. The molecule has 0 atom stereocenters. The monoisotopic (exact) mass is 670 g/mol. The topological polar surface area (TPSA) is 162 Å². The molecule has 0 fully saturated rings. The lowest BCUT2D eigenvalue weighted by molar-refractivity contribution is 0.424. The van der Waals surface area contributed by atoms with Crippen molar-refractivity contribution in [3.05, 3.63) is 116 Å². The Hall–Kier alpha value is -3.18. The third-order valence-corrected chi connectivity index (χ3v) is 8.47. The van der Waals surface area contributed by atoms with E-state index in [0.717, 1.165) is 69.3 Å². The summed E-state index contributed by atoms with van der Waals surface area (Å²) in [5, 5.41) is 72.0. The number of hydrogen-bond acceptors (Lipinski definition) is 8. The van der Waals surface area contributed by atoms with Crippen molar-refractivity contribution in [1.82, 2.24) is 0 Å². The first-order valence-electron chi connectivity index (χ1n) is 16.6. The molecule has 4 aromatic carbocycles. The Morgan fingerprint density at radius 1 is 0.469 bits per heavy atom. The predicted molar refractivity (Wildman–Crippen MR) is 206 cm³/mol. The zero-order valence-corrected chi connectivity index (χ0v) is 30.8. The number of hydrogen-bond donors (Lipinski definition) is 8. The Labute approximate surface area is 294 Å². The van der Waals surface area contributed by atoms with Gasteiger partial charge in [0.2, 0.25) is 0 Å². The fourth-order valence-corrected chi connectivity index (χ4v) is 5.65. The van der Waals surface area contributed by atoms with Crippen molar-refractivity contribution in [2.45, 2.75) is 88.5 Å². The fraction of sp³-hybridized carbons (Fsp3) is 0.351. The van der Waals surface area contributed by atoms with Crippen molar-refractivity contribution in [3.8, 4) is 0 Å². The molecule has 0 saturated carbocycles. The number of benzene rings is 4. The van der Waals surface area contributed by atoms with Crippen molar-refractivity contribution in [2.24, 2.45) is 0 Å². The standard InChI is InChI=1S/2C10H15BO2.C9H13BO2.C8H11BO2/c1-6-5-10(11(12)13)9(4)8(3)7(6)2;1-2-3-6-9-7-4-5-8-10(9)11(12)13;1-6-4-7(2)9(10(11)12)8(3)5-6;1-6-3-7(2)5-8(4-6)9(10)11/h5,12-13H,1-4H3;4-5,7-8,12-13H,2-3,6H2,1H3;4-5,11-12H,1-3H3;3-5,10-11H,1-2H3. The molecular weight excluding hydrogens is 616 g/mol. The number of aryl methyl sites for hydroxylation is 7. The molecular formula is C37H54B4O8. The maximum Gasteiger partial charge on any atom is 0.488 e. The normalized spacial score (nSPS) is 10.1. The van der Waals surface area contributed by atoms with Crippen molar-refractivity contribution in [2.75, 3.05) is 0 Å². The molecule has 4 rings (SSSR count). The molecule has 49 heavy (non-hydrogen) atoms. The van der Waals surface area contributed by atoms with Crippen LogP contribution in [0, 0.1) is 62.3 Å². The molecule has 8 N–H and O–H groups in total. The molecule has 0 spiro atoms. The van der Waals surface area contributed by atoms with Gasteiger partial charge in [-0.05, 0) is 125 Å². The summed E-state index contributed by atoms with van der Waals surface area (Å²) in [5.41, 5.74) is 13.0. The largest absolute Gasteiger partial charge is 0.488 e. The van der Waals surface area contributed by atoms with Gasteiger partial charge in [-0.25, -0.2) is 0 Å². The smallest absolute Gasteiger partial charge is 0.423 e. The van der Waals surface area contributed by atoms with Crippen LogP contribution in [0.2, 0.25) is 0 Å². The Morgan fingerprint density at radius 2 is 0.959 bits per heavy atom. The van der Waals surface area contributed by atoms with E-state index in [0.29, 0.717) is 21.9 Å². The van der Waals surface area contributed by atoms with Crippen LogP contribution in [0.15, 0.2) is 60.7 Å². The Morgan fingerprint density at radius 3 is 1.41 bits per heavy atom. The quantitative estimate of drug-likeness (QED) is 0.138. The first-order valence-corrected chi connectivity index (χ1v) is 16.6. The summed E-state index contributed by atoms with van der Waals surface area (Å²) in [6.45, 7) is 19.7. The van der Waals surface area contributed by atoms with Crippen molar-refractivity contribution >= 4 is 50.3 Å². The summed E-state index contributed by atoms with van der Waals surface area (Å²) in [5.74, 6) is 0. The summed E-state index contributed by atoms with van der Waals surface area (Å²) in [6.07, 6.45) is 3.13. The van der Waals surface area contributed by atoms with E-state index in [1.54, 1.807) is 18.2 Å². The molecule has 0 aliphatic heterocycles. The lowest BCUT2D eigenvalue weighted by Gasteiger charge is -2.13. The molecule has 0 saturated heterocycles. The second kappa shape index (κ2) is 21.1. The minimum Gasteiger partial charge on any atom is -0.423 e. The van der Waals surface area contributed by atoms with Crippen LogP contribution in [0.4, 0.5) is 0 Å². The maximum atomic E-state index is 9.10. The number of unbranched alkanes of at least 4 members (excludes halogenated alkanes) is 1. The highest BCUT2D eigenvalue weighted by Crippen LogP contribution is 2.14.